The van der Waals surface area contributed by atoms with Crippen LogP contribution in [0.3, 0.4) is 0 Å². The third-order valence-electron chi connectivity index (χ3n) is 4.17. The minimum Gasteiger partial charge on any atom is -0.387 e. The fraction of sp³-hybridized carbons (Fsp3) is 0.389. The molecule has 2 aromatic carbocycles. The Kier molecular flexibility index (Phi) is 5.08. The number of hydrogen-bond acceptors (Lipinski definition) is 3. The maximum Gasteiger partial charge on any atom is 0.314 e. The van der Waals surface area contributed by atoms with Gasteiger partial charge < -0.3 is 15.7 Å². The number of carbonyl (C=O) groups is 1. The van der Waals surface area contributed by atoms with E-state index in [9.17, 15) is 9.90 Å². The predicted octanol–water partition coefficient (Wildman–Crippen LogP) is 2.55. The predicted molar refractivity (Wildman–Crippen MR) is 95.9 cm³/mol. The summed E-state index contributed by atoms with van der Waals surface area (Å²) < 4.78 is 0. The van der Waals surface area contributed by atoms with Crippen LogP contribution in [0.15, 0.2) is 42.5 Å². The van der Waals surface area contributed by atoms with Crippen molar-refractivity contribution in [3.05, 3.63) is 48.0 Å². The van der Waals surface area contributed by atoms with Gasteiger partial charge in [0.15, 0.2) is 0 Å². The van der Waals surface area contributed by atoms with Crippen molar-refractivity contribution in [2.45, 2.75) is 18.4 Å². The molecule has 1 fully saturated rings. The van der Waals surface area contributed by atoms with Gasteiger partial charge in [-0.25, -0.2) is 4.79 Å². The Morgan fingerprint density at radius 2 is 2.00 bits per heavy atom. The molecule has 5 heteroatoms. The van der Waals surface area contributed by atoms with E-state index in [0.717, 1.165) is 18.6 Å². The molecule has 0 radical (unpaired) electrons. The summed E-state index contributed by atoms with van der Waals surface area (Å²) in [7, 11) is 0. The fourth-order valence-electron chi connectivity index (χ4n) is 2.76. The van der Waals surface area contributed by atoms with Crippen molar-refractivity contribution in [2.75, 3.05) is 24.6 Å². The van der Waals surface area contributed by atoms with Gasteiger partial charge in [-0.05, 0) is 34.9 Å². The third kappa shape index (κ3) is 4.39. The van der Waals surface area contributed by atoms with Crippen LogP contribution in [0.4, 0.5) is 4.79 Å². The van der Waals surface area contributed by atoms with E-state index < -0.39 is 5.60 Å². The first-order valence-corrected chi connectivity index (χ1v) is 9.10. The normalized spacial score (nSPS) is 20.6. The van der Waals surface area contributed by atoms with Crippen LogP contribution in [0.5, 0.6) is 0 Å². The number of amides is 2. The Balaban J connectivity index is 1.43. The molecule has 0 aromatic heterocycles. The molecule has 1 heterocycles. The molecule has 1 saturated heterocycles. The minimum absolute atomic E-state index is 0.212. The van der Waals surface area contributed by atoms with Crippen molar-refractivity contribution in [3.63, 3.8) is 0 Å². The van der Waals surface area contributed by atoms with Crippen molar-refractivity contribution in [1.29, 1.82) is 0 Å². The molecular weight excluding hydrogens is 308 g/mol. The second kappa shape index (κ2) is 7.23. The topological polar surface area (TPSA) is 61.4 Å². The second-order valence-corrected chi connectivity index (χ2v) is 7.17. The largest absolute Gasteiger partial charge is 0.387 e. The lowest BCUT2D eigenvalue weighted by Gasteiger charge is -2.21. The molecule has 0 spiro atoms. The van der Waals surface area contributed by atoms with Crippen molar-refractivity contribution < 1.29 is 9.90 Å². The first-order valence-electron chi connectivity index (χ1n) is 7.94. The standard InChI is InChI=1S/C18H22N2O2S/c21-17(20-12-18(22)8-10-23-13-18)19-9-7-14-5-6-15-3-1-2-4-16(15)11-14/h1-6,11,22H,7-10,12-13H2,(H2,19,20,21). The maximum absolute atomic E-state index is 11.8. The Hall–Kier alpha value is -1.72. The third-order valence-corrected chi connectivity index (χ3v) is 5.41. The van der Waals surface area contributed by atoms with Crippen LogP contribution in [0, 0.1) is 0 Å². The highest BCUT2D eigenvalue weighted by Gasteiger charge is 2.31. The van der Waals surface area contributed by atoms with Crippen LogP contribution < -0.4 is 10.6 Å². The van der Waals surface area contributed by atoms with E-state index in [2.05, 4.69) is 41.0 Å². The highest BCUT2D eigenvalue weighted by atomic mass is 32.2. The van der Waals surface area contributed by atoms with E-state index in [1.54, 1.807) is 11.8 Å². The quantitative estimate of drug-likeness (QED) is 0.789. The molecule has 0 bridgehead atoms. The molecule has 1 atom stereocenters. The molecule has 0 saturated carbocycles. The number of aliphatic hydroxyl groups is 1. The Labute approximate surface area is 140 Å². The molecule has 1 aliphatic heterocycles. The number of benzene rings is 2. The zero-order valence-corrected chi connectivity index (χ0v) is 13.9. The summed E-state index contributed by atoms with van der Waals surface area (Å²) in [5.74, 6) is 1.66. The first kappa shape index (κ1) is 16.1. The smallest absolute Gasteiger partial charge is 0.314 e. The summed E-state index contributed by atoms with van der Waals surface area (Å²) in [5.41, 5.74) is 0.468. The van der Waals surface area contributed by atoms with Crippen molar-refractivity contribution >= 4 is 28.6 Å². The average Bonchev–Trinajstić information content (AvgIpc) is 3.00. The maximum atomic E-state index is 11.8. The number of carbonyl (C=O) groups excluding carboxylic acids is 1. The molecular formula is C18H22N2O2S. The molecule has 2 aromatic rings. The molecule has 23 heavy (non-hydrogen) atoms. The van der Waals surface area contributed by atoms with Crippen LogP contribution in [0.25, 0.3) is 10.8 Å². The van der Waals surface area contributed by atoms with Gasteiger partial charge in [-0.15, -0.1) is 0 Å². The van der Waals surface area contributed by atoms with Crippen LogP contribution in [-0.2, 0) is 6.42 Å². The first-order chi connectivity index (χ1) is 11.1. The summed E-state index contributed by atoms with van der Waals surface area (Å²) in [4.78, 5) is 11.8. The van der Waals surface area contributed by atoms with Crippen molar-refractivity contribution in [2.24, 2.45) is 0 Å². The van der Waals surface area contributed by atoms with Crippen molar-refractivity contribution in [3.8, 4) is 0 Å². The number of urea groups is 1. The lowest BCUT2D eigenvalue weighted by molar-refractivity contribution is 0.0700. The molecule has 0 aliphatic carbocycles. The average molecular weight is 330 g/mol. The lowest BCUT2D eigenvalue weighted by Crippen LogP contribution is -2.46. The number of nitrogens with one attached hydrogen (secondary N) is 2. The molecule has 2 amide bonds. The zero-order valence-electron chi connectivity index (χ0n) is 13.0. The second-order valence-electron chi connectivity index (χ2n) is 6.07. The minimum atomic E-state index is -0.736. The number of fused-ring (bicyclic) bond motifs is 1. The van der Waals surface area contributed by atoms with Crippen LogP contribution >= 0.6 is 11.8 Å². The molecule has 3 rings (SSSR count). The summed E-state index contributed by atoms with van der Waals surface area (Å²) in [6.45, 7) is 0.902. The van der Waals surface area contributed by atoms with E-state index in [1.807, 2.05) is 12.1 Å². The Morgan fingerprint density at radius 1 is 1.17 bits per heavy atom. The lowest BCUT2D eigenvalue weighted by atomic mass is 10.0. The summed E-state index contributed by atoms with van der Waals surface area (Å²) in [6.07, 6.45) is 1.54. The van der Waals surface area contributed by atoms with E-state index in [1.165, 1.54) is 16.3 Å². The summed E-state index contributed by atoms with van der Waals surface area (Å²) in [5, 5.41) is 18.2. The van der Waals surface area contributed by atoms with Crippen molar-refractivity contribution in [1.82, 2.24) is 10.6 Å². The van der Waals surface area contributed by atoms with Crippen LogP contribution in [0.1, 0.15) is 12.0 Å². The van der Waals surface area contributed by atoms with Crippen LogP contribution in [0.2, 0.25) is 0 Å². The van der Waals surface area contributed by atoms with E-state index in [4.69, 9.17) is 0 Å². The summed E-state index contributed by atoms with van der Waals surface area (Å²) in [6, 6.07) is 14.4. The molecule has 122 valence electrons. The monoisotopic (exact) mass is 330 g/mol. The Bertz CT molecular complexity index is 684. The van der Waals surface area contributed by atoms with Crippen LogP contribution in [-0.4, -0.2) is 41.3 Å². The van der Waals surface area contributed by atoms with Gasteiger partial charge in [-0.3, -0.25) is 0 Å². The molecule has 4 nitrogen and oxygen atoms in total. The van der Waals surface area contributed by atoms with Gasteiger partial charge in [0.1, 0.15) is 0 Å². The molecule has 1 aliphatic rings. The summed E-state index contributed by atoms with van der Waals surface area (Å²) >= 11 is 1.73. The fourth-order valence-corrected chi connectivity index (χ4v) is 4.05. The molecule has 3 N–H and O–H groups in total. The SMILES string of the molecule is O=C(NCCc1ccc2ccccc2c1)NCC1(O)CCSC1. The number of hydrogen-bond donors (Lipinski definition) is 3. The zero-order chi connectivity index (χ0) is 16.1. The van der Waals surface area contributed by atoms with Gasteiger partial charge >= 0.3 is 6.03 Å². The van der Waals surface area contributed by atoms with E-state index in [-0.39, 0.29) is 6.03 Å². The van der Waals surface area contributed by atoms with E-state index >= 15 is 0 Å². The highest BCUT2D eigenvalue weighted by Crippen LogP contribution is 2.26. The van der Waals surface area contributed by atoms with Gasteiger partial charge in [0.25, 0.3) is 0 Å². The van der Waals surface area contributed by atoms with Gasteiger partial charge in [-0.1, -0.05) is 42.5 Å². The van der Waals surface area contributed by atoms with Gasteiger partial charge in [0, 0.05) is 18.8 Å². The van der Waals surface area contributed by atoms with Gasteiger partial charge in [-0.2, -0.15) is 11.8 Å². The van der Waals surface area contributed by atoms with Gasteiger partial charge in [0.05, 0.1) is 5.60 Å². The van der Waals surface area contributed by atoms with Gasteiger partial charge in [0.2, 0.25) is 0 Å². The molecule has 1 unspecified atom stereocenters. The number of rotatable bonds is 5. The Morgan fingerprint density at radius 3 is 2.78 bits per heavy atom. The highest BCUT2D eigenvalue weighted by molar-refractivity contribution is 7.99. The van der Waals surface area contributed by atoms with E-state index in [0.29, 0.717) is 18.8 Å². The number of thioether (sulfide) groups is 1.